The summed E-state index contributed by atoms with van der Waals surface area (Å²) in [6.07, 6.45) is 1.41. The lowest BCUT2D eigenvalue weighted by atomic mass is 10.1. The summed E-state index contributed by atoms with van der Waals surface area (Å²) in [6, 6.07) is 4.25. The number of aromatic nitrogens is 4. The van der Waals surface area contributed by atoms with Crippen molar-refractivity contribution in [3.8, 4) is 0 Å². The van der Waals surface area contributed by atoms with Gasteiger partial charge in [0, 0.05) is 0 Å². The highest BCUT2D eigenvalue weighted by atomic mass is 35.5. The van der Waals surface area contributed by atoms with Gasteiger partial charge in [0.25, 0.3) is 5.91 Å². The van der Waals surface area contributed by atoms with Gasteiger partial charge in [-0.2, -0.15) is 9.97 Å². The number of H-pyrrole nitrogens is 1. The van der Waals surface area contributed by atoms with Crippen LogP contribution in [0.3, 0.4) is 0 Å². The van der Waals surface area contributed by atoms with Crippen LogP contribution in [0.25, 0.3) is 11.2 Å². The molecule has 2 aromatic heterocycles. The Kier molecular flexibility index (Phi) is 3.26. The number of amides is 1. The predicted octanol–water partition coefficient (Wildman–Crippen LogP) is 2.71. The average Bonchev–Trinajstić information content (AvgIpc) is 2.90. The Morgan fingerprint density at radius 3 is 3.00 bits per heavy atom. The fourth-order valence-corrected chi connectivity index (χ4v) is 2.05. The van der Waals surface area contributed by atoms with E-state index in [0.717, 1.165) is 5.56 Å². The fraction of sp³-hybridized carbons (Fsp3) is 0.0769. The molecule has 2 N–H and O–H groups in total. The Hall–Kier alpha value is -2.54. The van der Waals surface area contributed by atoms with Crippen LogP contribution in [0.2, 0.25) is 5.15 Å². The number of aryl methyl sites for hydroxylation is 1. The number of halogens is 2. The molecule has 1 aromatic carbocycles. The second-order valence-electron chi connectivity index (χ2n) is 4.38. The minimum Gasteiger partial charge on any atom is -0.341 e. The first-order chi connectivity index (χ1) is 10.0. The summed E-state index contributed by atoms with van der Waals surface area (Å²) in [4.78, 5) is 26.7. The maximum Gasteiger partial charge on any atom is 0.261 e. The first-order valence-corrected chi connectivity index (χ1v) is 6.36. The largest absolute Gasteiger partial charge is 0.341 e. The number of nitrogens with zero attached hydrogens (tertiary/aromatic N) is 3. The molecule has 0 aliphatic rings. The quantitative estimate of drug-likeness (QED) is 0.713. The predicted molar refractivity (Wildman–Crippen MR) is 75.8 cm³/mol. The molecule has 3 rings (SSSR count). The summed E-state index contributed by atoms with van der Waals surface area (Å²) in [5.74, 6) is -1.31. The summed E-state index contributed by atoms with van der Waals surface area (Å²) >= 11 is 5.94. The molecule has 0 atom stereocenters. The number of fused-ring (bicyclic) bond motifs is 1. The van der Waals surface area contributed by atoms with Crippen LogP contribution in [0.4, 0.5) is 10.3 Å². The van der Waals surface area contributed by atoms with Crippen LogP contribution in [0.1, 0.15) is 15.9 Å². The van der Waals surface area contributed by atoms with Gasteiger partial charge in [-0.1, -0.05) is 23.2 Å². The van der Waals surface area contributed by atoms with E-state index in [-0.39, 0.29) is 16.7 Å². The maximum atomic E-state index is 13.7. The lowest BCUT2D eigenvalue weighted by Crippen LogP contribution is -2.16. The Labute approximate surface area is 123 Å². The van der Waals surface area contributed by atoms with Crippen molar-refractivity contribution in [2.75, 3.05) is 5.32 Å². The van der Waals surface area contributed by atoms with E-state index >= 15 is 0 Å². The van der Waals surface area contributed by atoms with E-state index in [1.807, 2.05) is 0 Å². The van der Waals surface area contributed by atoms with E-state index in [1.165, 1.54) is 18.5 Å². The van der Waals surface area contributed by atoms with E-state index < -0.39 is 11.7 Å². The molecule has 21 heavy (non-hydrogen) atoms. The van der Waals surface area contributed by atoms with Crippen molar-refractivity contribution in [2.24, 2.45) is 0 Å². The second kappa shape index (κ2) is 5.10. The Morgan fingerprint density at radius 1 is 1.38 bits per heavy atom. The molecule has 0 aliphatic heterocycles. The number of carbonyl (C=O) groups excluding carboxylic acids is 1. The monoisotopic (exact) mass is 305 g/mol. The highest BCUT2D eigenvalue weighted by Crippen LogP contribution is 2.19. The van der Waals surface area contributed by atoms with E-state index in [0.29, 0.717) is 11.2 Å². The van der Waals surface area contributed by atoms with Crippen molar-refractivity contribution >= 4 is 34.6 Å². The van der Waals surface area contributed by atoms with Crippen molar-refractivity contribution in [1.82, 2.24) is 19.9 Å². The van der Waals surface area contributed by atoms with Crippen LogP contribution in [0.15, 0.2) is 24.5 Å². The molecule has 0 fully saturated rings. The molecule has 0 aliphatic carbocycles. The van der Waals surface area contributed by atoms with Gasteiger partial charge >= 0.3 is 0 Å². The summed E-state index contributed by atoms with van der Waals surface area (Å²) in [6.45, 7) is 1.76. The second-order valence-corrected chi connectivity index (χ2v) is 4.73. The molecule has 6 nitrogen and oxygen atoms in total. The molecular formula is C13H9ClFN5O. The van der Waals surface area contributed by atoms with Crippen LogP contribution >= 0.6 is 11.6 Å². The van der Waals surface area contributed by atoms with E-state index in [1.54, 1.807) is 13.0 Å². The third-order valence-corrected chi connectivity index (χ3v) is 3.11. The lowest BCUT2D eigenvalue weighted by molar-refractivity contribution is 0.102. The van der Waals surface area contributed by atoms with Gasteiger partial charge in [0.2, 0.25) is 5.95 Å². The van der Waals surface area contributed by atoms with E-state index in [2.05, 4.69) is 25.3 Å². The van der Waals surface area contributed by atoms with Crippen LogP contribution in [0.5, 0.6) is 0 Å². The van der Waals surface area contributed by atoms with Gasteiger partial charge < -0.3 is 4.98 Å². The van der Waals surface area contributed by atoms with Crippen molar-refractivity contribution in [3.63, 3.8) is 0 Å². The molecule has 106 valence electrons. The molecule has 0 unspecified atom stereocenters. The van der Waals surface area contributed by atoms with Gasteiger partial charge in [-0.3, -0.25) is 10.1 Å². The van der Waals surface area contributed by atoms with Gasteiger partial charge in [0.1, 0.15) is 11.3 Å². The maximum absolute atomic E-state index is 13.7. The molecule has 0 radical (unpaired) electrons. The topological polar surface area (TPSA) is 83.6 Å². The molecular weight excluding hydrogens is 297 g/mol. The molecule has 2 heterocycles. The number of benzene rings is 1. The summed E-state index contributed by atoms with van der Waals surface area (Å²) in [5, 5.41) is 2.53. The summed E-state index contributed by atoms with van der Waals surface area (Å²) in [5.41, 5.74) is 1.46. The average molecular weight is 306 g/mol. The van der Waals surface area contributed by atoms with Crippen LogP contribution < -0.4 is 5.32 Å². The van der Waals surface area contributed by atoms with Gasteiger partial charge in [-0.25, -0.2) is 9.37 Å². The minimum atomic E-state index is -0.651. The zero-order valence-corrected chi connectivity index (χ0v) is 11.6. The molecule has 0 bridgehead atoms. The molecule has 0 spiro atoms. The number of hydrogen-bond donors (Lipinski definition) is 2. The van der Waals surface area contributed by atoms with Crippen LogP contribution in [-0.4, -0.2) is 25.8 Å². The fourth-order valence-electron chi connectivity index (χ4n) is 1.84. The van der Waals surface area contributed by atoms with Gasteiger partial charge in [-0.05, 0) is 19.1 Å². The number of rotatable bonds is 2. The van der Waals surface area contributed by atoms with Crippen LogP contribution in [-0.2, 0) is 0 Å². The van der Waals surface area contributed by atoms with Crippen molar-refractivity contribution < 1.29 is 9.18 Å². The Bertz CT molecular complexity index is 848. The van der Waals surface area contributed by atoms with Crippen molar-refractivity contribution in [1.29, 1.82) is 0 Å². The zero-order valence-electron chi connectivity index (χ0n) is 10.8. The van der Waals surface area contributed by atoms with Gasteiger partial charge in [0.15, 0.2) is 10.8 Å². The van der Waals surface area contributed by atoms with Crippen molar-refractivity contribution in [2.45, 2.75) is 6.92 Å². The SMILES string of the molecule is Cc1ccc(F)c(C(=O)Nc2nc(Cl)c3[nH]cnc3n2)c1. The minimum absolute atomic E-state index is 0.0366. The smallest absolute Gasteiger partial charge is 0.261 e. The number of imidazole rings is 1. The number of carbonyl (C=O) groups is 1. The van der Waals surface area contributed by atoms with Gasteiger partial charge in [-0.15, -0.1) is 0 Å². The van der Waals surface area contributed by atoms with Crippen LogP contribution in [0, 0.1) is 12.7 Å². The normalized spacial score (nSPS) is 10.8. The third kappa shape index (κ3) is 2.55. The third-order valence-electron chi connectivity index (χ3n) is 2.83. The first-order valence-electron chi connectivity index (χ1n) is 5.99. The molecule has 1 amide bonds. The molecule has 3 aromatic rings. The lowest BCUT2D eigenvalue weighted by Gasteiger charge is -2.06. The number of nitrogens with one attached hydrogen (secondary N) is 2. The van der Waals surface area contributed by atoms with E-state index in [4.69, 9.17) is 11.6 Å². The highest BCUT2D eigenvalue weighted by Gasteiger charge is 2.15. The van der Waals surface area contributed by atoms with Gasteiger partial charge in [0.05, 0.1) is 11.9 Å². The molecule has 0 saturated heterocycles. The zero-order chi connectivity index (χ0) is 15.0. The summed E-state index contributed by atoms with van der Waals surface area (Å²) < 4.78 is 13.7. The summed E-state index contributed by atoms with van der Waals surface area (Å²) in [7, 11) is 0. The number of anilines is 1. The van der Waals surface area contributed by atoms with E-state index in [9.17, 15) is 9.18 Å². The molecule has 8 heteroatoms. The highest BCUT2D eigenvalue weighted by molar-refractivity contribution is 6.33. The first kappa shape index (κ1) is 13.4. The van der Waals surface area contributed by atoms with Crippen molar-refractivity contribution in [3.05, 3.63) is 46.6 Å². The number of aromatic amines is 1. The standard InChI is InChI=1S/C13H9ClFN5O/c1-6-2-3-8(15)7(4-6)12(21)20-13-18-10(14)9-11(19-13)17-5-16-9/h2-5H,1H3,(H2,16,17,18,19,20,21). The Morgan fingerprint density at radius 2 is 2.19 bits per heavy atom. The molecule has 0 saturated carbocycles. The Balaban J connectivity index is 1.94. The number of hydrogen-bond acceptors (Lipinski definition) is 4.